The normalized spacial score (nSPS) is 11.1. The topological polar surface area (TPSA) is 75.5 Å². The highest BCUT2D eigenvalue weighted by Gasteiger charge is 2.07. The van der Waals surface area contributed by atoms with E-state index < -0.39 is 0 Å². The Morgan fingerprint density at radius 1 is 1.04 bits per heavy atom. The molecule has 0 radical (unpaired) electrons. The molecule has 0 unspecified atom stereocenters. The molecule has 3 N–H and O–H groups in total. The molecule has 23 heavy (non-hydrogen) atoms. The number of carbonyl (C=O) groups excluding carboxylic acids is 1. The van der Waals surface area contributed by atoms with Crippen LogP contribution >= 0.6 is 0 Å². The minimum absolute atomic E-state index is 0.298. The zero-order chi connectivity index (χ0) is 16.5. The molecular formula is C18H21N2O3+. The predicted molar refractivity (Wildman–Crippen MR) is 87.7 cm³/mol. The van der Waals surface area contributed by atoms with Gasteiger partial charge in [-0.3, -0.25) is 10.6 Å². The summed E-state index contributed by atoms with van der Waals surface area (Å²) >= 11 is 0. The molecule has 5 heteroatoms. The molecule has 0 saturated carbocycles. The van der Waals surface area contributed by atoms with Crippen molar-refractivity contribution >= 4 is 11.8 Å². The van der Waals surface area contributed by atoms with Crippen LogP contribution in [0, 0.1) is 0 Å². The third-order valence-corrected chi connectivity index (χ3v) is 3.31. The number of carbonyl (C=O) groups is 1. The van der Waals surface area contributed by atoms with E-state index in [1.54, 1.807) is 7.11 Å². The summed E-state index contributed by atoms with van der Waals surface area (Å²) in [7, 11) is 1.62. The lowest BCUT2D eigenvalue weighted by molar-refractivity contribution is -0.725. The van der Waals surface area contributed by atoms with Gasteiger partial charge in [-0.2, -0.15) is 0 Å². The van der Waals surface area contributed by atoms with Crippen LogP contribution in [0.4, 0.5) is 0 Å². The average molecular weight is 313 g/mol. The Morgan fingerprint density at radius 3 is 2.39 bits per heavy atom. The highest BCUT2D eigenvalue weighted by Crippen LogP contribution is 2.11. The highest BCUT2D eigenvalue weighted by molar-refractivity contribution is 5.77. The molecular weight excluding hydrogens is 292 g/mol. The molecule has 120 valence electrons. The molecule has 5 nitrogen and oxygen atoms in total. The minimum Gasteiger partial charge on any atom is -0.497 e. The summed E-state index contributed by atoms with van der Waals surface area (Å²) in [6.45, 7) is 0. The van der Waals surface area contributed by atoms with Gasteiger partial charge in [0.25, 0.3) is 5.84 Å². The number of nitrogens with two attached hydrogens (primary N) is 1. The second-order valence-electron chi connectivity index (χ2n) is 5.11. The first-order valence-corrected chi connectivity index (χ1v) is 7.41. The predicted octanol–water partition coefficient (Wildman–Crippen LogP) is 0.767. The summed E-state index contributed by atoms with van der Waals surface area (Å²) in [5.41, 5.74) is 7.92. The van der Waals surface area contributed by atoms with Crippen LogP contribution in [0.3, 0.4) is 0 Å². The number of rotatable bonds is 7. The van der Waals surface area contributed by atoms with Crippen molar-refractivity contribution in [3.8, 4) is 5.75 Å². The molecule has 2 aromatic rings. The summed E-state index contributed by atoms with van der Waals surface area (Å²) < 4.78 is 5.09. The SMILES string of the molecule is COc1ccc(CC(N)=[NH+]OC(=O)CCc2ccccc2)cc1. The van der Waals surface area contributed by atoms with E-state index in [4.69, 9.17) is 15.3 Å². The van der Waals surface area contributed by atoms with E-state index in [0.717, 1.165) is 16.9 Å². The third-order valence-electron chi connectivity index (χ3n) is 3.31. The van der Waals surface area contributed by atoms with Crippen LogP contribution in [0.2, 0.25) is 0 Å². The van der Waals surface area contributed by atoms with E-state index in [2.05, 4.69) is 5.16 Å². The van der Waals surface area contributed by atoms with Gasteiger partial charge < -0.3 is 4.74 Å². The zero-order valence-electron chi connectivity index (χ0n) is 13.1. The molecule has 0 heterocycles. The monoisotopic (exact) mass is 313 g/mol. The Bertz CT molecular complexity index is 652. The van der Waals surface area contributed by atoms with Crippen molar-refractivity contribution in [2.75, 3.05) is 7.11 Å². The van der Waals surface area contributed by atoms with Crippen molar-refractivity contribution in [1.29, 1.82) is 0 Å². The van der Waals surface area contributed by atoms with Crippen molar-refractivity contribution < 1.29 is 19.5 Å². The van der Waals surface area contributed by atoms with E-state index in [0.29, 0.717) is 25.1 Å². The van der Waals surface area contributed by atoms with E-state index >= 15 is 0 Å². The Kier molecular flexibility index (Phi) is 6.17. The van der Waals surface area contributed by atoms with Gasteiger partial charge in [-0.1, -0.05) is 47.6 Å². The number of nitrogens with one attached hydrogen (secondary N) is 1. The summed E-state index contributed by atoms with van der Waals surface area (Å²) in [5.74, 6) is 0.822. The largest absolute Gasteiger partial charge is 0.497 e. The molecule has 0 aliphatic carbocycles. The Hall–Kier alpha value is -2.82. The van der Waals surface area contributed by atoms with Crippen LogP contribution in [0.15, 0.2) is 54.6 Å². The number of benzene rings is 2. The molecule has 0 bridgehead atoms. The highest BCUT2D eigenvalue weighted by atomic mass is 16.7. The number of amidine groups is 1. The van der Waals surface area contributed by atoms with Crippen LogP contribution in [0.5, 0.6) is 5.75 Å². The fraction of sp³-hybridized carbons (Fsp3) is 0.222. The number of hydrogen-bond acceptors (Lipinski definition) is 3. The number of methoxy groups -OCH3 is 1. The van der Waals surface area contributed by atoms with Gasteiger partial charge in [-0.25, -0.2) is 4.79 Å². The lowest BCUT2D eigenvalue weighted by atomic mass is 10.1. The van der Waals surface area contributed by atoms with Crippen LogP contribution in [-0.2, 0) is 22.5 Å². The second kappa shape index (κ2) is 8.58. The third kappa shape index (κ3) is 5.82. The maximum atomic E-state index is 11.7. The van der Waals surface area contributed by atoms with E-state index in [-0.39, 0.29) is 5.97 Å². The minimum atomic E-state index is -0.341. The van der Waals surface area contributed by atoms with E-state index in [1.807, 2.05) is 54.6 Å². The van der Waals surface area contributed by atoms with Crippen molar-refractivity contribution in [1.82, 2.24) is 0 Å². The van der Waals surface area contributed by atoms with E-state index in [1.165, 1.54) is 0 Å². The van der Waals surface area contributed by atoms with Gasteiger partial charge in [-0.05, 0) is 29.7 Å². The fourth-order valence-electron chi connectivity index (χ4n) is 2.06. The van der Waals surface area contributed by atoms with Gasteiger partial charge in [0.1, 0.15) is 5.75 Å². The molecule has 2 rings (SSSR count). The maximum absolute atomic E-state index is 11.7. The van der Waals surface area contributed by atoms with Crippen molar-refractivity contribution in [2.45, 2.75) is 19.3 Å². The molecule has 0 amide bonds. The molecule has 0 fully saturated rings. The van der Waals surface area contributed by atoms with Gasteiger partial charge in [0.2, 0.25) is 0 Å². The van der Waals surface area contributed by atoms with Gasteiger partial charge >= 0.3 is 5.97 Å². The number of ether oxygens (including phenoxy) is 1. The molecule has 0 aliphatic heterocycles. The molecule has 0 spiro atoms. The fourth-order valence-corrected chi connectivity index (χ4v) is 2.06. The summed E-state index contributed by atoms with van der Waals surface area (Å²) in [6.07, 6.45) is 1.41. The maximum Gasteiger partial charge on any atom is 0.357 e. The molecule has 0 aliphatic rings. The van der Waals surface area contributed by atoms with Crippen LogP contribution in [0.25, 0.3) is 0 Å². The Morgan fingerprint density at radius 2 is 1.74 bits per heavy atom. The number of aryl methyl sites for hydroxylation is 1. The lowest BCUT2D eigenvalue weighted by Crippen LogP contribution is -2.75. The van der Waals surface area contributed by atoms with Crippen LogP contribution < -0.4 is 15.6 Å². The molecule has 0 saturated heterocycles. The standard InChI is InChI=1S/C18H20N2O3/c1-22-16-10-7-15(8-11-16)13-17(19)20-23-18(21)12-9-14-5-3-2-4-6-14/h2-8,10-11H,9,12-13H2,1H3,(H2,19,20)/p+1. The summed E-state index contributed by atoms with van der Waals surface area (Å²) in [5, 5.41) is 2.51. The molecule has 0 aromatic heterocycles. The Labute approximate surface area is 135 Å². The van der Waals surface area contributed by atoms with Crippen LogP contribution in [-0.4, -0.2) is 18.9 Å². The first-order valence-electron chi connectivity index (χ1n) is 7.41. The van der Waals surface area contributed by atoms with Gasteiger partial charge in [-0.15, -0.1) is 0 Å². The molecule has 0 atom stereocenters. The first kappa shape index (κ1) is 16.5. The Balaban J connectivity index is 1.77. The van der Waals surface area contributed by atoms with Crippen molar-refractivity contribution in [3.05, 3.63) is 65.7 Å². The second-order valence-corrected chi connectivity index (χ2v) is 5.11. The number of hydrogen-bond donors (Lipinski definition) is 2. The van der Waals surface area contributed by atoms with Crippen molar-refractivity contribution in [2.24, 2.45) is 5.73 Å². The smallest absolute Gasteiger partial charge is 0.357 e. The van der Waals surface area contributed by atoms with E-state index in [9.17, 15) is 4.79 Å². The van der Waals surface area contributed by atoms with Gasteiger partial charge in [0.15, 0.2) is 0 Å². The van der Waals surface area contributed by atoms with Crippen LogP contribution in [0.1, 0.15) is 17.5 Å². The molecule has 2 aromatic carbocycles. The quantitative estimate of drug-likeness (QED) is 0.343. The lowest BCUT2D eigenvalue weighted by Gasteiger charge is -2.01. The summed E-state index contributed by atoms with van der Waals surface area (Å²) in [4.78, 5) is 16.7. The van der Waals surface area contributed by atoms with Gasteiger partial charge in [0.05, 0.1) is 20.0 Å². The zero-order valence-corrected chi connectivity index (χ0v) is 13.1. The summed E-state index contributed by atoms with van der Waals surface area (Å²) in [6, 6.07) is 17.3. The van der Waals surface area contributed by atoms with Gasteiger partial charge in [0, 0.05) is 0 Å². The average Bonchev–Trinajstić information content (AvgIpc) is 2.60. The first-order chi connectivity index (χ1) is 11.2. The van der Waals surface area contributed by atoms with Crippen molar-refractivity contribution in [3.63, 3.8) is 0 Å².